The first kappa shape index (κ1) is 49.6. The predicted octanol–water partition coefficient (Wildman–Crippen LogP) is 13.8. The smallest absolute Gasteiger partial charge is 0.261 e. The van der Waals surface area contributed by atoms with E-state index in [0.29, 0.717) is 69.4 Å². The lowest BCUT2D eigenvalue weighted by atomic mass is 9.53. The number of aromatic nitrogens is 3. The number of hydrogen-bond donors (Lipinski definition) is 1. The first-order valence-corrected chi connectivity index (χ1v) is 28.8. The Morgan fingerprint density at radius 3 is 1.75 bits per heavy atom. The van der Waals surface area contributed by atoms with Gasteiger partial charge >= 0.3 is 0 Å². The molecular formula is C66H69N5O6. The highest BCUT2D eigenvalue weighted by molar-refractivity contribution is 6.41. The van der Waals surface area contributed by atoms with E-state index in [1.807, 2.05) is 83.7 Å². The fourth-order valence-corrected chi connectivity index (χ4v) is 15.6. The van der Waals surface area contributed by atoms with Gasteiger partial charge in [0.05, 0.1) is 26.4 Å². The number of methoxy groups -OCH3 is 1. The third-order valence-corrected chi connectivity index (χ3v) is 19.7. The number of carbonyl (C=O) groups is 4. The second-order valence-electron chi connectivity index (χ2n) is 23.6. The van der Waals surface area contributed by atoms with Gasteiger partial charge in [-0.05, 0) is 160 Å². The summed E-state index contributed by atoms with van der Waals surface area (Å²) in [6.07, 6.45) is 18.0. The molecule has 2 fully saturated rings. The molecule has 1 aromatic heterocycles. The number of aliphatic hydroxyl groups is 1. The first-order valence-electron chi connectivity index (χ1n) is 28.8. The number of unbranched alkanes of at least 4 members (excludes halogenated alkanes) is 6. The molecule has 4 amide bonds. The Hall–Kier alpha value is -6.98. The average molecular weight is 1030 g/mol. The number of carbonyl (C=O) groups excluding carboxylic acids is 4. The standard InChI is InChI=1S/C66H69N5O6/c1-5-7-9-11-13-42(14-12-10-8-6-2)71-63(74)53-29-25-49-47-23-27-51-59-52(28-24-48(57(47)59)50-26-30-54(64(71)75)60(53)58(49)50)62(73)70(61(51)72)37-40-17-15-39(16-18-40)36-69-38-56(67-68-69)66(76)34-32-55-46-21-19-41-35-43(77-4)20-22-44(41)45(46)31-33-65(55,66)3/h15-18,20,22-30,35,38,42,45-46,55,76H,5-14,19,21,31-34,36-37H2,1-4H3/t45-,46-,55+,65+,66-/m1/s1. The number of nitrogens with zero attached hydrogens (tertiary/aromatic N) is 5. The molecule has 77 heavy (non-hydrogen) atoms. The number of ether oxygens (including phenoxy) is 1. The average Bonchev–Trinajstić information content (AvgIpc) is 4.23. The van der Waals surface area contributed by atoms with Gasteiger partial charge in [-0.3, -0.25) is 29.0 Å². The Bertz CT molecular complexity index is 3560. The van der Waals surface area contributed by atoms with E-state index in [1.54, 1.807) is 12.0 Å². The minimum absolute atomic E-state index is 0.107. The van der Waals surface area contributed by atoms with Gasteiger partial charge in [0.25, 0.3) is 23.6 Å². The van der Waals surface area contributed by atoms with Crippen LogP contribution in [0.15, 0.2) is 97.2 Å². The van der Waals surface area contributed by atoms with Crippen molar-refractivity contribution in [2.45, 2.75) is 154 Å². The van der Waals surface area contributed by atoms with Crippen LogP contribution in [-0.2, 0) is 25.1 Å². The van der Waals surface area contributed by atoms with Crippen molar-refractivity contribution in [2.24, 2.45) is 17.3 Å². The normalized spacial score (nSPS) is 22.8. The lowest BCUT2D eigenvalue weighted by Crippen LogP contribution is -2.49. The van der Waals surface area contributed by atoms with E-state index in [9.17, 15) is 24.3 Å². The molecule has 3 aliphatic carbocycles. The second-order valence-corrected chi connectivity index (χ2v) is 23.6. The quantitative estimate of drug-likeness (QED) is 0.0412. The van der Waals surface area contributed by atoms with E-state index < -0.39 is 5.60 Å². The maximum atomic E-state index is 14.6. The van der Waals surface area contributed by atoms with Crippen LogP contribution in [0.25, 0.3) is 43.1 Å². The molecule has 8 aromatic rings. The van der Waals surface area contributed by atoms with Crippen LogP contribution >= 0.6 is 0 Å². The number of rotatable bonds is 17. The molecule has 11 nitrogen and oxygen atoms in total. The molecule has 5 atom stereocenters. The number of benzene rings is 7. The van der Waals surface area contributed by atoms with Gasteiger partial charge in [-0.1, -0.05) is 132 Å². The molecule has 1 N–H and O–H groups in total. The lowest BCUT2D eigenvalue weighted by Gasteiger charge is -2.52. The summed E-state index contributed by atoms with van der Waals surface area (Å²) < 4.78 is 7.35. The van der Waals surface area contributed by atoms with E-state index in [-0.39, 0.29) is 41.6 Å². The van der Waals surface area contributed by atoms with Crippen LogP contribution in [0.1, 0.15) is 192 Å². The lowest BCUT2D eigenvalue weighted by molar-refractivity contribution is -0.111. The molecular weight excluding hydrogens is 959 g/mol. The van der Waals surface area contributed by atoms with E-state index in [2.05, 4.69) is 49.3 Å². The number of aryl methyl sites for hydroxylation is 1. The zero-order valence-corrected chi connectivity index (χ0v) is 45.0. The zero-order chi connectivity index (χ0) is 52.9. The zero-order valence-electron chi connectivity index (χ0n) is 45.0. The molecule has 0 spiro atoms. The van der Waals surface area contributed by atoms with Crippen molar-refractivity contribution in [3.05, 3.63) is 147 Å². The minimum atomic E-state index is -1.06. The maximum absolute atomic E-state index is 14.6. The molecule has 2 aliphatic heterocycles. The van der Waals surface area contributed by atoms with Crippen LogP contribution in [0, 0.1) is 17.3 Å². The van der Waals surface area contributed by atoms with E-state index >= 15 is 0 Å². The Morgan fingerprint density at radius 1 is 0.636 bits per heavy atom. The molecule has 7 aromatic carbocycles. The van der Waals surface area contributed by atoms with Crippen LogP contribution in [-0.4, -0.2) is 66.7 Å². The molecule has 2 saturated carbocycles. The molecule has 0 radical (unpaired) electrons. The molecule has 5 aliphatic rings. The third kappa shape index (κ3) is 7.67. The molecule has 0 bridgehead atoms. The molecule has 13 rings (SSSR count). The first-order chi connectivity index (χ1) is 37.5. The summed E-state index contributed by atoms with van der Waals surface area (Å²) in [5, 5.41) is 28.4. The van der Waals surface area contributed by atoms with Gasteiger partial charge < -0.3 is 9.84 Å². The number of amides is 4. The summed E-state index contributed by atoms with van der Waals surface area (Å²) in [5.74, 6) is 1.22. The minimum Gasteiger partial charge on any atom is -0.497 e. The third-order valence-electron chi connectivity index (χ3n) is 19.7. The molecule has 394 valence electrons. The summed E-state index contributed by atoms with van der Waals surface area (Å²) in [4.78, 5) is 61.3. The van der Waals surface area contributed by atoms with Gasteiger partial charge in [-0.2, -0.15) is 0 Å². The Balaban J connectivity index is 0.730. The SMILES string of the molecule is CCCCCCC(CCCCCC)N1C(=O)c2ccc3c4ccc5c6c(ccc(c7ccc(c2c37)C1=O)c64)C(=O)N(Cc1ccc(Cn2cc([C@]3(O)CC[C@H]4[C@@H]6CCc7cc(OC)ccc7[C@H]6CC[C@@]43C)nn2)cc1)C5=O. The van der Waals surface area contributed by atoms with Gasteiger partial charge in [0.15, 0.2) is 0 Å². The highest BCUT2D eigenvalue weighted by Crippen LogP contribution is 2.67. The van der Waals surface area contributed by atoms with Crippen LogP contribution < -0.4 is 4.74 Å². The van der Waals surface area contributed by atoms with Crippen LogP contribution in [0.5, 0.6) is 5.75 Å². The largest absolute Gasteiger partial charge is 0.497 e. The van der Waals surface area contributed by atoms with Gasteiger partial charge in [0.2, 0.25) is 0 Å². The van der Waals surface area contributed by atoms with E-state index in [0.717, 1.165) is 146 Å². The molecule has 0 saturated heterocycles. The number of fused-ring (bicyclic) bond motifs is 7. The van der Waals surface area contributed by atoms with Gasteiger partial charge in [-0.15, -0.1) is 5.10 Å². The summed E-state index contributed by atoms with van der Waals surface area (Å²) in [6, 6.07) is 29.8. The number of hydrogen-bond acceptors (Lipinski definition) is 8. The molecule has 11 heteroatoms. The number of imide groups is 2. The van der Waals surface area contributed by atoms with Crippen molar-refractivity contribution in [1.29, 1.82) is 0 Å². The Morgan fingerprint density at radius 2 is 1.19 bits per heavy atom. The van der Waals surface area contributed by atoms with Crippen molar-refractivity contribution < 1.29 is 29.0 Å². The van der Waals surface area contributed by atoms with Crippen LogP contribution in [0.3, 0.4) is 0 Å². The topological polar surface area (TPSA) is 135 Å². The maximum Gasteiger partial charge on any atom is 0.261 e. The molecule has 0 unspecified atom stereocenters. The van der Waals surface area contributed by atoms with E-state index in [1.165, 1.54) is 16.0 Å². The fraction of sp³-hybridized carbons (Fsp3) is 0.424. The summed E-state index contributed by atoms with van der Waals surface area (Å²) in [7, 11) is 1.73. The summed E-state index contributed by atoms with van der Waals surface area (Å²) in [5.41, 5.74) is 6.02. The monoisotopic (exact) mass is 1030 g/mol. The Kier molecular flexibility index (Phi) is 12.4. The van der Waals surface area contributed by atoms with Crippen molar-refractivity contribution >= 4 is 66.7 Å². The van der Waals surface area contributed by atoms with Crippen molar-refractivity contribution in [3.8, 4) is 5.75 Å². The van der Waals surface area contributed by atoms with E-state index in [4.69, 9.17) is 4.74 Å². The van der Waals surface area contributed by atoms with Crippen molar-refractivity contribution in [1.82, 2.24) is 24.8 Å². The van der Waals surface area contributed by atoms with Gasteiger partial charge in [0.1, 0.15) is 17.0 Å². The Labute approximate surface area is 450 Å². The highest BCUT2D eigenvalue weighted by Gasteiger charge is 2.63. The van der Waals surface area contributed by atoms with Gasteiger partial charge in [0, 0.05) is 44.5 Å². The second kappa shape index (κ2) is 19.2. The summed E-state index contributed by atoms with van der Waals surface area (Å²) >= 11 is 0. The summed E-state index contributed by atoms with van der Waals surface area (Å²) in [6.45, 7) is 7.24. The van der Waals surface area contributed by atoms with Crippen molar-refractivity contribution in [2.75, 3.05) is 7.11 Å². The van der Waals surface area contributed by atoms with Crippen LogP contribution in [0.4, 0.5) is 0 Å². The predicted molar refractivity (Wildman–Crippen MR) is 301 cm³/mol. The van der Waals surface area contributed by atoms with Gasteiger partial charge in [-0.25, -0.2) is 4.68 Å². The highest BCUT2D eigenvalue weighted by atomic mass is 16.5. The fourth-order valence-electron chi connectivity index (χ4n) is 15.6. The van der Waals surface area contributed by atoms with Crippen molar-refractivity contribution in [3.63, 3.8) is 0 Å². The molecule has 3 heterocycles. The van der Waals surface area contributed by atoms with Crippen LogP contribution in [0.2, 0.25) is 0 Å².